The zero-order chi connectivity index (χ0) is 14.8. The molecule has 2 rings (SSSR count). The van der Waals surface area contributed by atoms with E-state index in [9.17, 15) is 17.6 Å². The van der Waals surface area contributed by atoms with Gasteiger partial charge in [0.15, 0.2) is 0 Å². The van der Waals surface area contributed by atoms with Crippen LogP contribution in [0.2, 0.25) is 0 Å². The van der Waals surface area contributed by atoms with Crippen molar-refractivity contribution in [1.29, 1.82) is 0 Å². The molecule has 0 heterocycles. The van der Waals surface area contributed by atoms with Crippen molar-refractivity contribution in [3.8, 4) is 0 Å². The number of halogens is 1. The van der Waals surface area contributed by atoms with Crippen molar-refractivity contribution in [2.75, 3.05) is 0 Å². The van der Waals surface area contributed by atoms with Gasteiger partial charge in [0, 0.05) is 6.04 Å². The number of rotatable bonds is 5. The second-order valence-corrected chi connectivity index (χ2v) is 6.74. The number of nitrogens with one attached hydrogen (secondary N) is 1. The molecule has 0 bridgehead atoms. The molecule has 1 aliphatic rings. The number of benzene rings is 1. The number of hydrogen-bond acceptors (Lipinski definition) is 3. The molecule has 1 aromatic carbocycles. The quantitative estimate of drug-likeness (QED) is 0.863. The highest BCUT2D eigenvalue weighted by atomic mass is 32.2. The Labute approximate surface area is 116 Å². The summed E-state index contributed by atoms with van der Waals surface area (Å²) in [6, 6.07) is 4.63. The lowest BCUT2D eigenvalue weighted by molar-refractivity contribution is -0.141. The van der Waals surface area contributed by atoms with Crippen LogP contribution in [0, 0.1) is 11.7 Å². The molecule has 1 fully saturated rings. The predicted molar refractivity (Wildman–Crippen MR) is 70.9 cm³/mol. The first-order valence-electron chi connectivity index (χ1n) is 6.34. The maximum Gasteiger partial charge on any atom is 0.308 e. The van der Waals surface area contributed by atoms with E-state index in [1.807, 2.05) is 0 Å². The van der Waals surface area contributed by atoms with Gasteiger partial charge in [0.1, 0.15) is 5.82 Å². The summed E-state index contributed by atoms with van der Waals surface area (Å²) < 4.78 is 39.2. The first kappa shape index (κ1) is 14.9. The molecule has 2 atom stereocenters. The van der Waals surface area contributed by atoms with Gasteiger partial charge in [0.05, 0.1) is 11.7 Å². The van der Waals surface area contributed by atoms with Crippen LogP contribution < -0.4 is 4.72 Å². The van der Waals surface area contributed by atoms with Crippen molar-refractivity contribution >= 4 is 16.0 Å². The van der Waals surface area contributed by atoms with Crippen LogP contribution in [0.5, 0.6) is 0 Å². The lowest BCUT2D eigenvalue weighted by Gasteiger charge is -2.17. The van der Waals surface area contributed by atoms with Gasteiger partial charge >= 0.3 is 5.97 Å². The molecular formula is C13H16FNO4S. The molecule has 1 aliphatic carbocycles. The van der Waals surface area contributed by atoms with E-state index in [0.717, 1.165) is 0 Å². The summed E-state index contributed by atoms with van der Waals surface area (Å²) in [5.41, 5.74) is 0.462. The van der Waals surface area contributed by atoms with E-state index in [0.29, 0.717) is 24.8 Å². The molecular weight excluding hydrogens is 285 g/mol. The van der Waals surface area contributed by atoms with E-state index in [1.165, 1.54) is 24.3 Å². The molecule has 7 heteroatoms. The standard InChI is InChI=1S/C13H16FNO4S/c14-10-6-4-9(5-7-10)8-20(18,19)15-12-3-1-2-11(12)13(16)17/h4-7,11-12,15H,1-3,8H2,(H,16,17). The van der Waals surface area contributed by atoms with Gasteiger partial charge in [-0.25, -0.2) is 17.5 Å². The summed E-state index contributed by atoms with van der Waals surface area (Å²) in [5, 5.41) is 9.02. The van der Waals surface area contributed by atoms with E-state index in [2.05, 4.69) is 4.72 Å². The lowest BCUT2D eigenvalue weighted by Crippen LogP contribution is -2.40. The van der Waals surface area contributed by atoms with Gasteiger partial charge in [-0.2, -0.15) is 0 Å². The van der Waals surface area contributed by atoms with Crippen LogP contribution in [0.1, 0.15) is 24.8 Å². The average molecular weight is 301 g/mol. The highest BCUT2D eigenvalue weighted by Crippen LogP contribution is 2.26. The molecule has 2 unspecified atom stereocenters. The number of hydrogen-bond donors (Lipinski definition) is 2. The van der Waals surface area contributed by atoms with E-state index < -0.39 is 33.8 Å². The Morgan fingerprint density at radius 1 is 1.30 bits per heavy atom. The SMILES string of the molecule is O=C(O)C1CCCC1NS(=O)(=O)Cc1ccc(F)cc1. The van der Waals surface area contributed by atoms with Crippen LogP contribution in [0.15, 0.2) is 24.3 Å². The zero-order valence-corrected chi connectivity index (χ0v) is 11.6. The minimum atomic E-state index is -3.63. The molecule has 0 aromatic heterocycles. The van der Waals surface area contributed by atoms with Crippen LogP contribution >= 0.6 is 0 Å². The first-order chi connectivity index (χ1) is 9.37. The van der Waals surface area contributed by atoms with Crippen molar-refractivity contribution in [1.82, 2.24) is 4.72 Å². The summed E-state index contributed by atoms with van der Waals surface area (Å²) in [4.78, 5) is 11.0. The zero-order valence-electron chi connectivity index (χ0n) is 10.8. The smallest absolute Gasteiger partial charge is 0.308 e. The molecule has 1 aromatic rings. The van der Waals surface area contributed by atoms with E-state index in [4.69, 9.17) is 5.11 Å². The molecule has 0 aliphatic heterocycles. The Bertz CT molecular complexity index is 585. The number of carbonyl (C=O) groups is 1. The summed E-state index contributed by atoms with van der Waals surface area (Å²) in [6.45, 7) is 0. The Morgan fingerprint density at radius 2 is 1.95 bits per heavy atom. The van der Waals surface area contributed by atoms with Gasteiger partial charge in [0.2, 0.25) is 10.0 Å². The predicted octanol–water partition coefficient (Wildman–Crippen LogP) is 1.50. The molecule has 5 nitrogen and oxygen atoms in total. The molecule has 20 heavy (non-hydrogen) atoms. The fourth-order valence-electron chi connectivity index (χ4n) is 2.47. The summed E-state index contributed by atoms with van der Waals surface area (Å²) in [6.07, 6.45) is 1.71. The summed E-state index contributed by atoms with van der Waals surface area (Å²) in [5.74, 6) is -2.35. The van der Waals surface area contributed by atoms with Gasteiger partial charge in [-0.3, -0.25) is 4.79 Å². The van der Waals surface area contributed by atoms with Crippen molar-refractivity contribution in [2.24, 2.45) is 5.92 Å². The third kappa shape index (κ3) is 3.77. The van der Waals surface area contributed by atoms with Gasteiger partial charge in [-0.15, -0.1) is 0 Å². The number of aliphatic carboxylic acids is 1. The van der Waals surface area contributed by atoms with Crippen LogP contribution in [-0.4, -0.2) is 25.5 Å². The minimum Gasteiger partial charge on any atom is -0.481 e. The second-order valence-electron chi connectivity index (χ2n) is 4.99. The van der Waals surface area contributed by atoms with Gasteiger partial charge in [0.25, 0.3) is 0 Å². The van der Waals surface area contributed by atoms with Crippen LogP contribution in [0.3, 0.4) is 0 Å². The Morgan fingerprint density at radius 3 is 2.55 bits per heavy atom. The van der Waals surface area contributed by atoms with Crippen molar-refractivity contribution in [3.05, 3.63) is 35.6 Å². The number of carboxylic acids is 1. The van der Waals surface area contributed by atoms with Crippen molar-refractivity contribution in [2.45, 2.75) is 31.1 Å². The minimum absolute atomic E-state index is 0.282. The van der Waals surface area contributed by atoms with Crippen LogP contribution in [0.4, 0.5) is 4.39 Å². The van der Waals surface area contributed by atoms with Gasteiger partial charge < -0.3 is 5.11 Å². The van der Waals surface area contributed by atoms with Gasteiger partial charge in [-0.1, -0.05) is 18.6 Å². The highest BCUT2D eigenvalue weighted by molar-refractivity contribution is 7.88. The maximum absolute atomic E-state index is 12.8. The normalized spacial score (nSPS) is 22.9. The third-order valence-corrected chi connectivity index (χ3v) is 4.81. The number of sulfonamides is 1. The maximum atomic E-state index is 12.8. The Kier molecular flexibility index (Phi) is 4.39. The summed E-state index contributed by atoms with van der Waals surface area (Å²) >= 11 is 0. The third-order valence-electron chi connectivity index (χ3n) is 3.43. The first-order valence-corrected chi connectivity index (χ1v) is 8.00. The lowest BCUT2D eigenvalue weighted by atomic mass is 10.1. The molecule has 1 saturated carbocycles. The largest absolute Gasteiger partial charge is 0.481 e. The average Bonchev–Trinajstić information content (AvgIpc) is 2.79. The van der Waals surface area contributed by atoms with Gasteiger partial charge in [-0.05, 0) is 30.5 Å². The molecule has 2 N–H and O–H groups in total. The van der Waals surface area contributed by atoms with Crippen LogP contribution in [0.25, 0.3) is 0 Å². The van der Waals surface area contributed by atoms with Crippen molar-refractivity contribution < 1.29 is 22.7 Å². The number of carboxylic acid groups (broad SMARTS) is 1. The topological polar surface area (TPSA) is 83.5 Å². The summed E-state index contributed by atoms with van der Waals surface area (Å²) in [7, 11) is -3.63. The Hall–Kier alpha value is -1.47. The fraction of sp³-hybridized carbons (Fsp3) is 0.462. The fourth-order valence-corrected chi connectivity index (χ4v) is 3.93. The molecule has 0 spiro atoms. The van der Waals surface area contributed by atoms with Crippen molar-refractivity contribution in [3.63, 3.8) is 0 Å². The second kappa shape index (κ2) is 5.88. The van der Waals surface area contributed by atoms with E-state index in [-0.39, 0.29) is 5.75 Å². The molecule has 110 valence electrons. The molecule has 0 amide bonds. The van der Waals surface area contributed by atoms with Crippen LogP contribution in [-0.2, 0) is 20.6 Å². The molecule has 0 saturated heterocycles. The van der Waals surface area contributed by atoms with E-state index >= 15 is 0 Å². The Balaban J connectivity index is 2.04. The molecule has 0 radical (unpaired) electrons. The monoisotopic (exact) mass is 301 g/mol. The van der Waals surface area contributed by atoms with E-state index in [1.54, 1.807) is 0 Å². The highest BCUT2D eigenvalue weighted by Gasteiger charge is 2.35.